The Morgan fingerprint density at radius 2 is 1.83 bits per heavy atom. The van der Waals surface area contributed by atoms with E-state index in [0.717, 1.165) is 4.90 Å². The summed E-state index contributed by atoms with van der Waals surface area (Å²) in [4.78, 5) is 26.5. The molecule has 30 heavy (non-hydrogen) atoms. The molecule has 0 spiro atoms. The number of rotatable bonds is 5. The molecule has 158 valence electrons. The van der Waals surface area contributed by atoms with Crippen LogP contribution in [0.15, 0.2) is 42.5 Å². The number of amides is 2. The van der Waals surface area contributed by atoms with Gasteiger partial charge in [-0.05, 0) is 47.4 Å². The summed E-state index contributed by atoms with van der Waals surface area (Å²) in [5.74, 6) is -1.07. The van der Waals surface area contributed by atoms with Crippen LogP contribution in [0.3, 0.4) is 0 Å². The Hall–Kier alpha value is -3.02. The number of urea groups is 1. The molecule has 2 aromatic rings. The van der Waals surface area contributed by atoms with Gasteiger partial charge in [0.05, 0.1) is 13.2 Å². The first kappa shape index (κ1) is 20.3. The number of benzene rings is 2. The topological polar surface area (TPSA) is 113 Å². The van der Waals surface area contributed by atoms with Crippen molar-refractivity contribution in [2.24, 2.45) is 0 Å². The van der Waals surface area contributed by atoms with Crippen molar-refractivity contribution >= 4 is 22.4 Å². The Morgan fingerprint density at radius 1 is 1.17 bits per heavy atom. The second-order valence-electron chi connectivity index (χ2n) is 6.78. The first-order valence-corrected chi connectivity index (χ1v) is 10.4. The number of hydrogen-bond donors (Lipinski definition) is 1. The Morgan fingerprint density at radius 3 is 2.47 bits per heavy atom. The molecule has 2 atom stereocenters. The van der Waals surface area contributed by atoms with Gasteiger partial charge in [-0.3, -0.25) is 4.55 Å². The largest absolute Gasteiger partial charge is 0.464 e. The summed E-state index contributed by atoms with van der Waals surface area (Å²) in [5.41, 5.74) is 2.25. The predicted octanol–water partition coefficient (Wildman–Crippen LogP) is 2.62. The molecule has 0 radical (unpaired) electrons. The molecule has 0 aromatic heterocycles. The first-order chi connectivity index (χ1) is 14.2. The Kier molecular flexibility index (Phi) is 4.96. The van der Waals surface area contributed by atoms with Gasteiger partial charge in [0.25, 0.3) is 0 Å². The normalized spacial score (nSPS) is 20.3. The maximum atomic E-state index is 13.3. The van der Waals surface area contributed by atoms with Crippen molar-refractivity contribution in [2.75, 3.05) is 13.2 Å². The van der Waals surface area contributed by atoms with E-state index in [9.17, 15) is 22.4 Å². The number of nitrogens with zero attached hydrogens (tertiary/aromatic N) is 2. The number of hydrogen-bond acceptors (Lipinski definition) is 6. The van der Waals surface area contributed by atoms with E-state index in [1.165, 1.54) is 12.1 Å². The molecular weight excluding hydrogens is 419 g/mol. The summed E-state index contributed by atoms with van der Waals surface area (Å²) >= 11 is 0. The van der Waals surface area contributed by atoms with Crippen molar-refractivity contribution in [3.63, 3.8) is 0 Å². The molecule has 2 amide bonds. The van der Waals surface area contributed by atoms with Crippen molar-refractivity contribution < 1.29 is 36.0 Å². The predicted molar refractivity (Wildman–Crippen MR) is 101 cm³/mol. The molecule has 1 N–H and O–H groups in total. The van der Waals surface area contributed by atoms with Crippen LogP contribution in [0.1, 0.15) is 30.1 Å². The zero-order valence-electron chi connectivity index (χ0n) is 15.7. The van der Waals surface area contributed by atoms with Gasteiger partial charge in [0.15, 0.2) is 6.04 Å². The van der Waals surface area contributed by atoms with Gasteiger partial charge >= 0.3 is 22.4 Å². The molecule has 9 nitrogen and oxygen atoms in total. The molecule has 1 saturated heterocycles. The van der Waals surface area contributed by atoms with Gasteiger partial charge < -0.3 is 9.64 Å². The minimum atomic E-state index is -4.98. The molecule has 11 heteroatoms. The monoisotopic (exact) mass is 436 g/mol. The number of esters is 1. The summed E-state index contributed by atoms with van der Waals surface area (Å²) < 4.78 is 54.5. The highest BCUT2D eigenvalue weighted by Crippen LogP contribution is 2.45. The van der Waals surface area contributed by atoms with Crippen LogP contribution in [0, 0.1) is 5.82 Å². The summed E-state index contributed by atoms with van der Waals surface area (Å²) in [5, 5.41) is 0.530. The Balaban J connectivity index is 1.83. The smallest absolute Gasteiger partial charge is 0.418 e. The SMILES string of the molecule is CCOC(=O)C1c2ccc(-c3ccc(F)cc3)cc2C2CN1C(=O)N2OS(=O)(=O)O. The van der Waals surface area contributed by atoms with Gasteiger partial charge in [-0.25, -0.2) is 14.0 Å². The fraction of sp³-hybridized carbons (Fsp3) is 0.263. The van der Waals surface area contributed by atoms with E-state index in [1.54, 1.807) is 37.3 Å². The summed E-state index contributed by atoms with van der Waals surface area (Å²) in [6.45, 7) is 1.67. The molecule has 2 aliphatic heterocycles. The van der Waals surface area contributed by atoms with Gasteiger partial charge in [-0.1, -0.05) is 24.3 Å². The number of halogens is 1. The van der Waals surface area contributed by atoms with Gasteiger partial charge in [0, 0.05) is 0 Å². The van der Waals surface area contributed by atoms with Gasteiger partial charge in [-0.15, -0.1) is 4.28 Å². The van der Waals surface area contributed by atoms with Gasteiger partial charge in [-0.2, -0.15) is 13.5 Å². The quantitative estimate of drug-likeness (QED) is 0.566. The summed E-state index contributed by atoms with van der Waals surface area (Å²) in [7, 11) is -4.98. The third-order valence-corrected chi connectivity index (χ3v) is 5.35. The van der Waals surface area contributed by atoms with Crippen molar-refractivity contribution in [1.29, 1.82) is 0 Å². The molecule has 2 unspecified atom stereocenters. The maximum Gasteiger partial charge on any atom is 0.418 e. The third-order valence-electron chi connectivity index (χ3n) is 5.00. The first-order valence-electron chi connectivity index (χ1n) is 9.03. The highest BCUT2D eigenvalue weighted by molar-refractivity contribution is 7.80. The number of fused-ring (bicyclic) bond motifs is 4. The second-order valence-corrected chi connectivity index (χ2v) is 7.79. The van der Waals surface area contributed by atoms with E-state index in [4.69, 9.17) is 9.29 Å². The van der Waals surface area contributed by atoms with E-state index in [0.29, 0.717) is 27.3 Å². The lowest BCUT2D eigenvalue weighted by Crippen LogP contribution is -2.39. The van der Waals surface area contributed by atoms with Crippen LogP contribution in [0.4, 0.5) is 9.18 Å². The lowest BCUT2D eigenvalue weighted by Gasteiger charge is -2.31. The van der Waals surface area contributed by atoms with Crippen molar-refractivity contribution in [2.45, 2.75) is 19.0 Å². The summed E-state index contributed by atoms with van der Waals surface area (Å²) in [6.07, 6.45) is 0. The molecule has 2 heterocycles. The highest BCUT2D eigenvalue weighted by atomic mass is 32.3. The standard InChI is InChI=1S/C19H17FN2O7S/c1-2-28-18(23)17-14-8-5-12(11-3-6-13(20)7-4-11)9-15(14)16-10-21(17)19(24)22(16)29-30(25,26)27/h3-9,16-17H,2,10H2,1H3,(H,25,26,27). The number of carbonyl (C=O) groups is 2. The number of carbonyl (C=O) groups excluding carboxylic acids is 2. The van der Waals surface area contributed by atoms with Crippen LogP contribution in [-0.4, -0.2) is 48.1 Å². The minimum absolute atomic E-state index is 0.0439. The van der Waals surface area contributed by atoms with Crippen LogP contribution in [-0.2, 0) is 24.2 Å². The van der Waals surface area contributed by atoms with Crippen LogP contribution in [0.5, 0.6) is 0 Å². The molecule has 0 aliphatic carbocycles. The van der Waals surface area contributed by atoms with Crippen molar-refractivity contribution in [3.05, 3.63) is 59.4 Å². The zero-order valence-corrected chi connectivity index (χ0v) is 16.5. The van der Waals surface area contributed by atoms with Crippen LogP contribution in [0.2, 0.25) is 0 Å². The Bertz CT molecular complexity index is 1120. The minimum Gasteiger partial charge on any atom is -0.464 e. The number of hydroxylamine groups is 2. The molecule has 2 aromatic carbocycles. The van der Waals surface area contributed by atoms with E-state index >= 15 is 0 Å². The van der Waals surface area contributed by atoms with Crippen LogP contribution >= 0.6 is 0 Å². The number of ether oxygens (including phenoxy) is 1. The summed E-state index contributed by atoms with van der Waals surface area (Å²) in [6, 6.07) is 7.88. The maximum absolute atomic E-state index is 13.3. The molecule has 4 rings (SSSR count). The lowest BCUT2D eigenvalue weighted by atomic mass is 9.88. The van der Waals surface area contributed by atoms with Gasteiger partial charge in [0.1, 0.15) is 11.9 Å². The van der Waals surface area contributed by atoms with Gasteiger partial charge in [0.2, 0.25) is 0 Å². The average molecular weight is 436 g/mol. The molecular formula is C19H17FN2O7S. The molecule has 1 fully saturated rings. The zero-order chi connectivity index (χ0) is 21.6. The Labute approximate surface area is 171 Å². The fourth-order valence-corrected chi connectivity index (χ4v) is 4.17. The third kappa shape index (κ3) is 3.51. The lowest BCUT2D eigenvalue weighted by molar-refractivity contribution is -0.148. The van der Waals surface area contributed by atoms with Crippen molar-refractivity contribution in [1.82, 2.24) is 9.96 Å². The van der Waals surface area contributed by atoms with E-state index < -0.39 is 40.3 Å². The molecule has 2 bridgehead atoms. The molecule has 0 saturated carbocycles. The van der Waals surface area contributed by atoms with Crippen LogP contribution < -0.4 is 0 Å². The van der Waals surface area contributed by atoms with E-state index in [2.05, 4.69) is 4.28 Å². The van der Waals surface area contributed by atoms with Crippen LogP contribution in [0.25, 0.3) is 11.1 Å². The van der Waals surface area contributed by atoms with Crippen molar-refractivity contribution in [3.8, 4) is 11.1 Å². The van der Waals surface area contributed by atoms with E-state index in [-0.39, 0.29) is 13.2 Å². The highest BCUT2D eigenvalue weighted by Gasteiger charge is 2.52. The second kappa shape index (κ2) is 7.35. The fourth-order valence-electron chi connectivity index (χ4n) is 3.80. The van der Waals surface area contributed by atoms with E-state index in [1.807, 2.05) is 0 Å². The average Bonchev–Trinajstić information content (AvgIpc) is 2.94. The molecule has 2 aliphatic rings.